The van der Waals surface area contributed by atoms with Crippen molar-refractivity contribution in [1.82, 2.24) is 14.8 Å². The number of amides is 1. The van der Waals surface area contributed by atoms with E-state index < -0.39 is 22.7 Å². The Kier molecular flexibility index (Phi) is 7.61. The lowest BCUT2D eigenvalue weighted by molar-refractivity contribution is -0.137. The summed E-state index contributed by atoms with van der Waals surface area (Å²) in [6.07, 6.45) is -4.64. The van der Waals surface area contributed by atoms with Crippen molar-refractivity contribution >= 4 is 58.2 Å². The molecular weight excluding hydrogens is 544 g/mol. The van der Waals surface area contributed by atoms with Crippen molar-refractivity contribution in [1.29, 1.82) is 0 Å². The molecule has 1 aromatic heterocycles. The zero-order valence-corrected chi connectivity index (χ0v) is 20.6. The molecule has 1 heterocycles. The number of anilines is 1. The Morgan fingerprint density at radius 1 is 0.914 bits per heavy atom. The monoisotopic (exact) mass is 556 g/mol. The van der Waals surface area contributed by atoms with Crippen LogP contribution in [0.1, 0.15) is 5.56 Å². The van der Waals surface area contributed by atoms with Gasteiger partial charge in [-0.05, 0) is 66.7 Å². The highest BCUT2D eigenvalue weighted by molar-refractivity contribution is 7.99. The first-order valence-corrected chi connectivity index (χ1v) is 12.0. The summed E-state index contributed by atoms with van der Waals surface area (Å²) in [5.41, 5.74) is 0.404. The first-order valence-electron chi connectivity index (χ1n) is 9.88. The molecule has 0 aliphatic rings. The lowest BCUT2D eigenvalue weighted by Crippen LogP contribution is -2.15. The van der Waals surface area contributed by atoms with Crippen molar-refractivity contribution in [3.05, 3.63) is 87.4 Å². The Labute approximate surface area is 217 Å². The lowest BCUT2D eigenvalue weighted by atomic mass is 10.2. The van der Waals surface area contributed by atoms with Gasteiger partial charge in [0.25, 0.3) is 0 Å². The molecule has 0 atom stereocenters. The van der Waals surface area contributed by atoms with Crippen LogP contribution in [0.25, 0.3) is 17.1 Å². The number of benzene rings is 3. The Balaban J connectivity index is 1.57. The fourth-order valence-electron chi connectivity index (χ4n) is 3.12. The SMILES string of the molecule is O=C(CSc1nnc(-c2ccc(Cl)cc2)n1-c1ccc(Cl)cc1)Nc1ccc(Cl)c(C(F)(F)F)c1. The van der Waals surface area contributed by atoms with Gasteiger partial charge in [-0.15, -0.1) is 10.2 Å². The molecule has 35 heavy (non-hydrogen) atoms. The maximum Gasteiger partial charge on any atom is 0.417 e. The number of nitrogens with one attached hydrogen (secondary N) is 1. The van der Waals surface area contributed by atoms with E-state index in [1.54, 1.807) is 53.1 Å². The average Bonchev–Trinajstić information content (AvgIpc) is 3.23. The van der Waals surface area contributed by atoms with Crippen molar-refractivity contribution in [3.8, 4) is 17.1 Å². The van der Waals surface area contributed by atoms with Gasteiger partial charge in [-0.1, -0.05) is 46.6 Å². The topological polar surface area (TPSA) is 59.8 Å². The molecule has 4 aromatic rings. The van der Waals surface area contributed by atoms with E-state index in [1.165, 1.54) is 6.07 Å². The van der Waals surface area contributed by atoms with Crippen molar-refractivity contribution in [2.75, 3.05) is 11.1 Å². The fraction of sp³-hybridized carbons (Fsp3) is 0.0870. The second-order valence-corrected chi connectivity index (χ2v) is 9.38. The first-order chi connectivity index (χ1) is 16.6. The number of rotatable bonds is 6. The van der Waals surface area contributed by atoms with Crippen molar-refractivity contribution in [2.45, 2.75) is 11.3 Å². The number of carbonyl (C=O) groups is 1. The molecule has 3 aromatic carbocycles. The maximum atomic E-state index is 13.1. The van der Waals surface area contributed by atoms with Crippen LogP contribution in [0.5, 0.6) is 0 Å². The van der Waals surface area contributed by atoms with Crippen LogP contribution in [0.15, 0.2) is 71.9 Å². The Morgan fingerprint density at radius 2 is 1.54 bits per heavy atom. The number of aromatic nitrogens is 3. The molecule has 1 amide bonds. The summed E-state index contributed by atoms with van der Waals surface area (Å²) in [6, 6.07) is 17.2. The summed E-state index contributed by atoms with van der Waals surface area (Å²) in [6.45, 7) is 0. The molecule has 0 saturated heterocycles. The Hall–Kier alpha value is -2.72. The zero-order chi connectivity index (χ0) is 25.2. The summed E-state index contributed by atoms with van der Waals surface area (Å²) in [5.74, 6) is -0.139. The highest BCUT2D eigenvalue weighted by Gasteiger charge is 2.33. The molecule has 4 rings (SSSR count). The van der Waals surface area contributed by atoms with Crippen LogP contribution >= 0.6 is 46.6 Å². The third kappa shape index (κ3) is 6.10. The molecule has 12 heteroatoms. The smallest absolute Gasteiger partial charge is 0.325 e. The molecule has 0 aliphatic carbocycles. The van der Waals surface area contributed by atoms with E-state index in [-0.39, 0.29) is 11.4 Å². The number of thioether (sulfide) groups is 1. The summed E-state index contributed by atoms with van der Waals surface area (Å²) < 4.78 is 41.0. The number of hydrogen-bond donors (Lipinski definition) is 1. The van der Waals surface area contributed by atoms with Gasteiger partial charge in [0, 0.05) is 27.0 Å². The van der Waals surface area contributed by atoms with Crippen LogP contribution < -0.4 is 5.32 Å². The lowest BCUT2D eigenvalue weighted by Gasteiger charge is -2.12. The molecule has 180 valence electrons. The second kappa shape index (κ2) is 10.5. The van der Waals surface area contributed by atoms with Crippen LogP contribution in [0.2, 0.25) is 15.1 Å². The van der Waals surface area contributed by atoms with Gasteiger partial charge < -0.3 is 5.32 Å². The molecule has 0 bridgehead atoms. The van der Waals surface area contributed by atoms with Crippen LogP contribution in [-0.4, -0.2) is 26.4 Å². The number of hydrogen-bond acceptors (Lipinski definition) is 4. The summed E-state index contributed by atoms with van der Waals surface area (Å²) >= 11 is 18.7. The largest absolute Gasteiger partial charge is 0.417 e. The van der Waals surface area contributed by atoms with E-state index in [4.69, 9.17) is 34.8 Å². The second-order valence-electron chi connectivity index (χ2n) is 7.15. The highest BCUT2D eigenvalue weighted by atomic mass is 35.5. The van der Waals surface area contributed by atoms with Crippen molar-refractivity contribution in [2.24, 2.45) is 0 Å². The predicted molar refractivity (Wildman–Crippen MR) is 133 cm³/mol. The van der Waals surface area contributed by atoms with Crippen molar-refractivity contribution < 1.29 is 18.0 Å². The van der Waals surface area contributed by atoms with Crippen LogP contribution in [-0.2, 0) is 11.0 Å². The van der Waals surface area contributed by atoms with Gasteiger partial charge >= 0.3 is 6.18 Å². The minimum absolute atomic E-state index is 0.0200. The van der Waals surface area contributed by atoms with Gasteiger partial charge in [0.05, 0.1) is 16.3 Å². The molecule has 0 spiro atoms. The third-order valence-electron chi connectivity index (χ3n) is 4.71. The molecule has 5 nitrogen and oxygen atoms in total. The van der Waals surface area contributed by atoms with Gasteiger partial charge in [-0.25, -0.2) is 0 Å². The van der Waals surface area contributed by atoms with E-state index >= 15 is 0 Å². The molecule has 0 aliphatic heterocycles. The standard InChI is InChI=1S/C23H14Cl3F3N4OS/c24-14-3-1-13(2-4-14)21-31-32-22(33(21)17-8-5-15(25)6-9-17)35-12-20(34)30-16-7-10-19(26)18(11-16)23(27,28)29/h1-11H,12H2,(H,30,34). The molecule has 0 unspecified atom stereocenters. The Bertz CT molecular complexity index is 1360. The minimum atomic E-state index is -4.64. The van der Waals surface area contributed by atoms with E-state index in [0.717, 1.165) is 29.5 Å². The molecular formula is C23H14Cl3F3N4OS. The van der Waals surface area contributed by atoms with E-state index in [1.807, 2.05) is 0 Å². The predicted octanol–water partition coefficient (Wildman–Crippen LogP) is 7.64. The summed E-state index contributed by atoms with van der Waals surface area (Å²) in [4.78, 5) is 12.5. The molecule has 1 N–H and O–H groups in total. The molecule has 0 saturated carbocycles. The number of halogens is 6. The van der Waals surface area contributed by atoms with E-state index in [9.17, 15) is 18.0 Å². The van der Waals surface area contributed by atoms with Gasteiger partial charge in [-0.3, -0.25) is 9.36 Å². The van der Waals surface area contributed by atoms with Crippen molar-refractivity contribution in [3.63, 3.8) is 0 Å². The van der Waals surface area contributed by atoms with Crippen LogP contribution in [0, 0.1) is 0 Å². The molecule has 0 fully saturated rings. The van der Waals surface area contributed by atoms with Crippen LogP contribution in [0.3, 0.4) is 0 Å². The van der Waals surface area contributed by atoms with Crippen LogP contribution in [0.4, 0.5) is 18.9 Å². The third-order valence-corrected chi connectivity index (χ3v) is 6.47. The number of nitrogens with zero attached hydrogens (tertiary/aromatic N) is 3. The maximum absolute atomic E-state index is 13.1. The van der Waals surface area contributed by atoms with E-state index in [2.05, 4.69) is 15.5 Å². The van der Waals surface area contributed by atoms with E-state index in [0.29, 0.717) is 26.7 Å². The van der Waals surface area contributed by atoms with Gasteiger partial charge in [0.15, 0.2) is 11.0 Å². The normalized spacial score (nSPS) is 11.5. The minimum Gasteiger partial charge on any atom is -0.325 e. The Morgan fingerprint density at radius 3 is 2.17 bits per heavy atom. The van der Waals surface area contributed by atoms with Gasteiger partial charge in [0.2, 0.25) is 5.91 Å². The molecule has 0 radical (unpaired) electrons. The number of carbonyl (C=O) groups excluding carboxylic acids is 1. The quantitative estimate of drug-likeness (QED) is 0.248. The van der Waals surface area contributed by atoms with Gasteiger partial charge in [0.1, 0.15) is 0 Å². The number of alkyl halides is 3. The fourth-order valence-corrected chi connectivity index (χ4v) is 4.35. The first kappa shape index (κ1) is 25.4. The summed E-state index contributed by atoms with van der Waals surface area (Å²) in [7, 11) is 0. The summed E-state index contributed by atoms with van der Waals surface area (Å²) in [5, 5.41) is 12.0. The average molecular weight is 558 g/mol. The zero-order valence-electron chi connectivity index (χ0n) is 17.5. The van der Waals surface area contributed by atoms with Gasteiger partial charge in [-0.2, -0.15) is 13.2 Å². The highest BCUT2D eigenvalue weighted by Crippen LogP contribution is 2.36.